The van der Waals surface area contributed by atoms with Gasteiger partial charge >= 0.3 is 23.9 Å². The average Bonchev–Trinajstić information content (AvgIpc) is 2.97. The first-order valence-electron chi connectivity index (χ1n) is 14.5. The zero-order valence-corrected chi connectivity index (χ0v) is 27.6. The van der Waals surface area contributed by atoms with Crippen molar-refractivity contribution in [2.24, 2.45) is 0 Å². The van der Waals surface area contributed by atoms with Crippen molar-refractivity contribution in [3.8, 4) is 0 Å². The molecule has 0 fully saturated rings. The lowest BCUT2D eigenvalue weighted by atomic mass is 10.1. The normalized spacial score (nSPS) is 12.3. The highest BCUT2D eigenvalue weighted by molar-refractivity contribution is 7.87. The van der Waals surface area contributed by atoms with Gasteiger partial charge in [-0.1, -0.05) is 103 Å². The molecule has 0 aliphatic carbocycles. The molecule has 0 radical (unpaired) electrons. The molecule has 0 spiro atoms. The summed E-state index contributed by atoms with van der Waals surface area (Å²) >= 11 is 0. The van der Waals surface area contributed by atoms with Crippen LogP contribution in [0.1, 0.15) is 84.0 Å². The first-order valence-corrected chi connectivity index (χ1v) is 17.6. The summed E-state index contributed by atoms with van der Waals surface area (Å²) in [5.74, 6) is -4.27. The Morgan fingerprint density at radius 1 is 0.578 bits per heavy atom. The fourth-order valence-corrected chi connectivity index (χ4v) is 4.75. The summed E-state index contributed by atoms with van der Waals surface area (Å²) in [4.78, 5) is 45.8. The van der Waals surface area contributed by atoms with E-state index in [4.69, 9.17) is 13.8 Å². The Labute approximate surface area is 266 Å². The number of esters is 4. The number of ether oxygens (including phenoxy) is 4. The van der Waals surface area contributed by atoms with Crippen LogP contribution in [-0.4, -0.2) is 86.7 Å². The van der Waals surface area contributed by atoms with Gasteiger partial charge in [0, 0.05) is 0 Å². The van der Waals surface area contributed by atoms with Crippen LogP contribution < -0.4 is 0 Å². The molecule has 2 atom stereocenters. The molecular formula is C29H48O14S2. The zero-order chi connectivity index (χ0) is 34.7. The molecular weight excluding hydrogens is 636 g/mol. The van der Waals surface area contributed by atoms with E-state index in [9.17, 15) is 36.0 Å². The van der Waals surface area contributed by atoms with E-state index in [1.807, 2.05) is 0 Å². The SMILES string of the molecule is C=CCOC(=O)C(CC(=O)OCCCCCCCCCCCC)S(=O)(=O)O.C=CCOC(=O)CC(C(=O)OCC=C)S(=O)(=O)O. The van der Waals surface area contributed by atoms with Gasteiger partial charge in [-0.15, -0.1) is 0 Å². The summed E-state index contributed by atoms with van der Waals surface area (Å²) in [5.41, 5.74) is 0. The van der Waals surface area contributed by atoms with E-state index in [-0.39, 0.29) is 26.4 Å². The number of hydrogen-bond acceptors (Lipinski definition) is 12. The summed E-state index contributed by atoms with van der Waals surface area (Å²) in [6.07, 6.45) is 13.6. The molecule has 16 heteroatoms. The van der Waals surface area contributed by atoms with Gasteiger partial charge < -0.3 is 18.9 Å². The molecule has 0 bridgehead atoms. The lowest BCUT2D eigenvalue weighted by Crippen LogP contribution is -2.34. The number of hydrogen-bond donors (Lipinski definition) is 2. The molecule has 260 valence electrons. The Bertz CT molecular complexity index is 1130. The summed E-state index contributed by atoms with van der Waals surface area (Å²) in [6.45, 7) is 11.7. The van der Waals surface area contributed by atoms with Gasteiger partial charge in [0.2, 0.25) is 0 Å². The molecule has 0 aliphatic heterocycles. The second-order valence-electron chi connectivity index (χ2n) is 9.63. The maximum atomic E-state index is 11.7. The lowest BCUT2D eigenvalue weighted by molar-refractivity contribution is -0.149. The van der Waals surface area contributed by atoms with Crippen LogP contribution in [0.3, 0.4) is 0 Å². The van der Waals surface area contributed by atoms with Gasteiger partial charge in [-0.3, -0.25) is 28.3 Å². The van der Waals surface area contributed by atoms with E-state index < -0.39 is 67.5 Å². The predicted molar refractivity (Wildman–Crippen MR) is 166 cm³/mol. The van der Waals surface area contributed by atoms with Crippen LogP contribution in [0.4, 0.5) is 0 Å². The molecule has 2 N–H and O–H groups in total. The Hall–Kier alpha value is -3.08. The monoisotopic (exact) mass is 684 g/mol. The van der Waals surface area contributed by atoms with Crippen LogP contribution in [0.15, 0.2) is 38.0 Å². The molecule has 0 aromatic rings. The molecule has 0 aromatic heterocycles. The predicted octanol–water partition coefficient (Wildman–Crippen LogP) is 3.92. The number of unbranched alkanes of at least 4 members (excludes halogenated alkanes) is 9. The molecule has 0 rings (SSSR count). The minimum absolute atomic E-state index is 0.126. The van der Waals surface area contributed by atoms with Gasteiger partial charge in [0.25, 0.3) is 20.2 Å². The first-order chi connectivity index (χ1) is 21.1. The van der Waals surface area contributed by atoms with Crippen molar-refractivity contribution in [1.82, 2.24) is 0 Å². The smallest absolute Gasteiger partial charge is 0.327 e. The molecule has 0 amide bonds. The molecule has 0 heterocycles. The fraction of sp³-hybridized carbons (Fsp3) is 0.655. The van der Waals surface area contributed by atoms with Crippen molar-refractivity contribution in [2.75, 3.05) is 26.4 Å². The molecule has 0 aliphatic rings. The van der Waals surface area contributed by atoms with E-state index in [1.165, 1.54) is 56.8 Å². The molecule has 45 heavy (non-hydrogen) atoms. The van der Waals surface area contributed by atoms with Gasteiger partial charge in [0.15, 0.2) is 10.5 Å². The minimum Gasteiger partial charge on any atom is -0.466 e. The maximum absolute atomic E-state index is 11.7. The van der Waals surface area contributed by atoms with Gasteiger partial charge in [-0.05, 0) is 6.42 Å². The van der Waals surface area contributed by atoms with E-state index >= 15 is 0 Å². The number of rotatable bonds is 25. The van der Waals surface area contributed by atoms with Crippen molar-refractivity contribution >= 4 is 44.1 Å². The quantitative estimate of drug-likeness (QED) is 0.0459. The standard InChI is InChI=1S/C19H34O7S.C10H14O7S/c1-3-5-6-7-8-9-10-11-12-13-15-25-18(20)16-17(27(22,23)24)19(21)26-14-4-2;1-3-5-16-9(11)7-8(18(13,14)15)10(12)17-6-4-2/h4,17H,2-3,5-16H2,1H3,(H,22,23,24);3-4,8H,1-2,5-7H2,(H,13,14,15). The minimum atomic E-state index is -4.75. The highest BCUT2D eigenvalue weighted by Crippen LogP contribution is 2.12. The average molecular weight is 685 g/mol. The Balaban J connectivity index is 0. The second-order valence-corrected chi connectivity index (χ2v) is 12.8. The van der Waals surface area contributed by atoms with Crippen molar-refractivity contribution in [3.05, 3.63) is 38.0 Å². The molecule has 14 nitrogen and oxygen atoms in total. The third kappa shape index (κ3) is 24.9. The van der Waals surface area contributed by atoms with Gasteiger partial charge in [0.1, 0.15) is 19.8 Å². The Morgan fingerprint density at radius 2 is 0.911 bits per heavy atom. The summed E-state index contributed by atoms with van der Waals surface area (Å²) in [6, 6.07) is 0. The van der Waals surface area contributed by atoms with Crippen LogP contribution in [0.5, 0.6) is 0 Å². The van der Waals surface area contributed by atoms with Crippen LogP contribution in [-0.2, 0) is 58.4 Å². The molecule has 0 saturated carbocycles. The van der Waals surface area contributed by atoms with Crippen LogP contribution >= 0.6 is 0 Å². The number of carbonyl (C=O) groups is 4. The van der Waals surface area contributed by atoms with Crippen molar-refractivity contribution in [1.29, 1.82) is 0 Å². The third-order valence-electron chi connectivity index (χ3n) is 5.76. The molecule has 2 unspecified atom stereocenters. The van der Waals surface area contributed by atoms with Gasteiger partial charge in [0.05, 0.1) is 19.4 Å². The zero-order valence-electron chi connectivity index (χ0n) is 25.9. The largest absolute Gasteiger partial charge is 0.466 e. The van der Waals surface area contributed by atoms with Crippen molar-refractivity contribution < 1.29 is 64.1 Å². The number of carbonyl (C=O) groups excluding carboxylic acids is 4. The Kier molecular flexibility index (Phi) is 25.6. The first kappa shape index (κ1) is 44.0. The molecule has 0 aromatic carbocycles. The van der Waals surface area contributed by atoms with Crippen LogP contribution in [0.2, 0.25) is 0 Å². The summed E-state index contributed by atoms with van der Waals surface area (Å²) in [7, 11) is -9.50. The fourth-order valence-electron chi connectivity index (χ4n) is 3.44. The van der Waals surface area contributed by atoms with Crippen molar-refractivity contribution in [3.63, 3.8) is 0 Å². The van der Waals surface area contributed by atoms with Gasteiger partial charge in [-0.25, -0.2) is 0 Å². The summed E-state index contributed by atoms with van der Waals surface area (Å²) in [5, 5.41) is -3.98. The molecule has 0 saturated heterocycles. The lowest BCUT2D eigenvalue weighted by Gasteiger charge is -2.12. The van der Waals surface area contributed by atoms with E-state index in [1.54, 1.807) is 0 Å². The summed E-state index contributed by atoms with van der Waals surface area (Å²) < 4.78 is 80.8. The maximum Gasteiger partial charge on any atom is 0.327 e. The Morgan fingerprint density at radius 3 is 1.27 bits per heavy atom. The van der Waals surface area contributed by atoms with Crippen LogP contribution in [0.25, 0.3) is 0 Å². The third-order valence-corrected chi connectivity index (χ3v) is 7.92. The van der Waals surface area contributed by atoms with Gasteiger partial charge in [-0.2, -0.15) is 16.8 Å². The van der Waals surface area contributed by atoms with E-state index in [0.717, 1.165) is 19.3 Å². The van der Waals surface area contributed by atoms with Crippen LogP contribution in [0, 0.1) is 0 Å². The van der Waals surface area contributed by atoms with E-state index in [0.29, 0.717) is 6.42 Å². The second kappa shape index (κ2) is 26.2. The highest BCUT2D eigenvalue weighted by Gasteiger charge is 2.36. The van der Waals surface area contributed by atoms with Crippen molar-refractivity contribution in [2.45, 2.75) is 94.5 Å². The van der Waals surface area contributed by atoms with E-state index in [2.05, 4.69) is 40.9 Å². The topological polar surface area (TPSA) is 214 Å². The highest BCUT2D eigenvalue weighted by atomic mass is 32.2.